The smallest absolute Gasteiger partial charge is 0.272 e. The van der Waals surface area contributed by atoms with Gasteiger partial charge in [0.25, 0.3) is 5.92 Å². The SMILES string of the molecule is FC1(F)CN(CC2CCCNC2)C1. The van der Waals surface area contributed by atoms with Crippen LogP contribution in [0.4, 0.5) is 8.78 Å². The Balaban J connectivity index is 1.68. The van der Waals surface area contributed by atoms with Gasteiger partial charge in [-0.1, -0.05) is 0 Å². The second kappa shape index (κ2) is 3.50. The highest BCUT2D eigenvalue weighted by atomic mass is 19.3. The lowest BCUT2D eigenvalue weighted by atomic mass is 9.97. The van der Waals surface area contributed by atoms with Crippen molar-refractivity contribution in [2.24, 2.45) is 5.92 Å². The number of piperidine rings is 1. The van der Waals surface area contributed by atoms with Crippen LogP contribution in [0.5, 0.6) is 0 Å². The fraction of sp³-hybridized carbons (Fsp3) is 1.00. The third-order valence-electron chi connectivity index (χ3n) is 2.83. The van der Waals surface area contributed by atoms with Crippen LogP contribution in [-0.4, -0.2) is 43.5 Å². The monoisotopic (exact) mass is 190 g/mol. The lowest BCUT2D eigenvalue weighted by Gasteiger charge is -2.41. The molecule has 2 saturated heterocycles. The van der Waals surface area contributed by atoms with Crippen LogP contribution < -0.4 is 5.32 Å². The van der Waals surface area contributed by atoms with Gasteiger partial charge in [-0.05, 0) is 31.8 Å². The third-order valence-corrected chi connectivity index (χ3v) is 2.83. The van der Waals surface area contributed by atoms with Crippen molar-refractivity contribution < 1.29 is 8.78 Å². The summed E-state index contributed by atoms with van der Waals surface area (Å²) in [6.07, 6.45) is 2.38. The summed E-state index contributed by atoms with van der Waals surface area (Å²) in [5.74, 6) is -1.81. The summed E-state index contributed by atoms with van der Waals surface area (Å²) >= 11 is 0. The predicted molar refractivity (Wildman–Crippen MR) is 47.0 cm³/mol. The van der Waals surface area contributed by atoms with Crippen LogP contribution in [0.2, 0.25) is 0 Å². The standard InChI is InChI=1S/C9H16F2N2/c10-9(11)6-13(7-9)5-8-2-1-3-12-4-8/h8,12H,1-7H2. The minimum atomic E-state index is -2.40. The van der Waals surface area contributed by atoms with Crippen molar-refractivity contribution in [3.63, 3.8) is 0 Å². The molecule has 2 heterocycles. The Morgan fingerprint density at radius 1 is 1.38 bits per heavy atom. The first-order valence-corrected chi connectivity index (χ1v) is 4.97. The van der Waals surface area contributed by atoms with Crippen LogP contribution in [0.15, 0.2) is 0 Å². The number of hydrogen-bond acceptors (Lipinski definition) is 2. The molecule has 0 spiro atoms. The molecule has 2 rings (SSSR count). The molecular weight excluding hydrogens is 174 g/mol. The zero-order valence-corrected chi connectivity index (χ0v) is 7.73. The zero-order valence-electron chi connectivity index (χ0n) is 7.73. The van der Waals surface area contributed by atoms with Gasteiger partial charge >= 0.3 is 0 Å². The summed E-state index contributed by atoms with van der Waals surface area (Å²) in [6, 6.07) is 0. The lowest BCUT2D eigenvalue weighted by molar-refractivity contribution is -0.134. The largest absolute Gasteiger partial charge is 0.316 e. The Hall–Kier alpha value is -0.220. The first kappa shape index (κ1) is 9.34. The van der Waals surface area contributed by atoms with E-state index in [2.05, 4.69) is 5.32 Å². The van der Waals surface area contributed by atoms with E-state index in [-0.39, 0.29) is 13.1 Å². The average Bonchev–Trinajstić information content (AvgIpc) is 2.03. The van der Waals surface area contributed by atoms with E-state index in [0.29, 0.717) is 5.92 Å². The van der Waals surface area contributed by atoms with Crippen LogP contribution in [0, 0.1) is 5.92 Å². The van der Waals surface area contributed by atoms with Gasteiger partial charge in [0.05, 0.1) is 13.1 Å². The Morgan fingerprint density at radius 2 is 2.15 bits per heavy atom. The molecule has 0 saturated carbocycles. The molecule has 0 bridgehead atoms. The number of likely N-dealkylation sites (tertiary alicyclic amines) is 1. The topological polar surface area (TPSA) is 15.3 Å². The van der Waals surface area contributed by atoms with Crippen molar-refractivity contribution in [3.05, 3.63) is 0 Å². The van der Waals surface area contributed by atoms with Crippen LogP contribution in [0.25, 0.3) is 0 Å². The number of hydrogen-bond donors (Lipinski definition) is 1. The molecule has 2 fully saturated rings. The van der Waals surface area contributed by atoms with Gasteiger partial charge in [-0.15, -0.1) is 0 Å². The predicted octanol–water partition coefficient (Wildman–Crippen LogP) is 0.937. The molecule has 4 heteroatoms. The normalized spacial score (nSPS) is 34.2. The van der Waals surface area contributed by atoms with E-state index in [1.807, 2.05) is 4.90 Å². The molecule has 0 aliphatic carbocycles. The van der Waals surface area contributed by atoms with Gasteiger partial charge in [0.2, 0.25) is 0 Å². The number of nitrogens with zero attached hydrogens (tertiary/aromatic N) is 1. The maximum Gasteiger partial charge on any atom is 0.272 e. The average molecular weight is 190 g/mol. The van der Waals surface area contributed by atoms with E-state index < -0.39 is 5.92 Å². The molecule has 0 aromatic heterocycles. The van der Waals surface area contributed by atoms with Crippen LogP contribution in [0.3, 0.4) is 0 Å². The van der Waals surface area contributed by atoms with Gasteiger partial charge in [0.15, 0.2) is 0 Å². The first-order chi connectivity index (χ1) is 6.16. The molecule has 0 aromatic carbocycles. The molecule has 0 amide bonds. The molecule has 1 atom stereocenters. The summed E-state index contributed by atoms with van der Waals surface area (Å²) in [4.78, 5) is 1.86. The maximum absolute atomic E-state index is 12.5. The van der Waals surface area contributed by atoms with E-state index in [9.17, 15) is 8.78 Å². The van der Waals surface area contributed by atoms with Crippen molar-refractivity contribution >= 4 is 0 Å². The van der Waals surface area contributed by atoms with E-state index in [1.54, 1.807) is 0 Å². The number of rotatable bonds is 2. The molecular formula is C9H16F2N2. The van der Waals surface area contributed by atoms with Crippen molar-refractivity contribution in [1.29, 1.82) is 0 Å². The lowest BCUT2D eigenvalue weighted by Crippen LogP contribution is -2.58. The van der Waals surface area contributed by atoms with E-state index in [1.165, 1.54) is 12.8 Å². The molecule has 0 radical (unpaired) electrons. The van der Waals surface area contributed by atoms with Gasteiger partial charge in [-0.25, -0.2) is 8.78 Å². The van der Waals surface area contributed by atoms with E-state index in [0.717, 1.165) is 19.6 Å². The van der Waals surface area contributed by atoms with Crippen molar-refractivity contribution in [1.82, 2.24) is 10.2 Å². The molecule has 2 aliphatic heterocycles. The molecule has 2 nitrogen and oxygen atoms in total. The molecule has 0 aromatic rings. The highest BCUT2D eigenvalue weighted by Crippen LogP contribution is 2.28. The zero-order chi connectivity index (χ0) is 9.31. The Morgan fingerprint density at radius 3 is 2.69 bits per heavy atom. The summed E-state index contributed by atoms with van der Waals surface area (Å²) in [5, 5.41) is 3.29. The number of alkyl halides is 2. The Labute approximate surface area is 77.3 Å². The summed E-state index contributed by atoms with van der Waals surface area (Å²) < 4.78 is 25.0. The third kappa shape index (κ3) is 2.38. The number of nitrogens with one attached hydrogen (secondary N) is 1. The van der Waals surface area contributed by atoms with Crippen LogP contribution >= 0.6 is 0 Å². The van der Waals surface area contributed by atoms with E-state index >= 15 is 0 Å². The molecule has 76 valence electrons. The highest BCUT2D eigenvalue weighted by molar-refractivity contribution is 4.88. The van der Waals surface area contributed by atoms with Crippen LogP contribution in [-0.2, 0) is 0 Å². The van der Waals surface area contributed by atoms with Gasteiger partial charge in [0, 0.05) is 6.54 Å². The first-order valence-electron chi connectivity index (χ1n) is 4.97. The van der Waals surface area contributed by atoms with Gasteiger partial charge in [-0.3, -0.25) is 4.90 Å². The van der Waals surface area contributed by atoms with Gasteiger partial charge in [-0.2, -0.15) is 0 Å². The quantitative estimate of drug-likeness (QED) is 0.697. The fourth-order valence-corrected chi connectivity index (χ4v) is 2.18. The molecule has 2 aliphatic rings. The summed E-state index contributed by atoms with van der Waals surface area (Å²) in [6.45, 7) is 2.89. The molecule has 1 unspecified atom stereocenters. The highest BCUT2D eigenvalue weighted by Gasteiger charge is 2.44. The molecule has 1 N–H and O–H groups in total. The van der Waals surface area contributed by atoms with E-state index in [4.69, 9.17) is 0 Å². The molecule has 13 heavy (non-hydrogen) atoms. The van der Waals surface area contributed by atoms with Crippen molar-refractivity contribution in [3.8, 4) is 0 Å². The Kier molecular flexibility index (Phi) is 2.51. The summed E-state index contributed by atoms with van der Waals surface area (Å²) in [7, 11) is 0. The summed E-state index contributed by atoms with van der Waals surface area (Å²) in [5.41, 5.74) is 0. The minimum absolute atomic E-state index is 0.0243. The minimum Gasteiger partial charge on any atom is -0.316 e. The van der Waals surface area contributed by atoms with Crippen LogP contribution in [0.1, 0.15) is 12.8 Å². The number of halogens is 2. The fourth-order valence-electron chi connectivity index (χ4n) is 2.18. The Bertz CT molecular complexity index is 170. The van der Waals surface area contributed by atoms with Crippen molar-refractivity contribution in [2.45, 2.75) is 18.8 Å². The van der Waals surface area contributed by atoms with Crippen molar-refractivity contribution in [2.75, 3.05) is 32.7 Å². The van der Waals surface area contributed by atoms with Gasteiger partial charge in [0.1, 0.15) is 0 Å². The second-order valence-electron chi connectivity index (χ2n) is 4.24. The second-order valence-corrected chi connectivity index (χ2v) is 4.24. The maximum atomic E-state index is 12.5. The van der Waals surface area contributed by atoms with Gasteiger partial charge < -0.3 is 5.32 Å².